The van der Waals surface area contributed by atoms with Crippen molar-refractivity contribution in [3.8, 4) is 11.5 Å². The highest BCUT2D eigenvalue weighted by Gasteiger charge is 2.15. The van der Waals surface area contributed by atoms with E-state index < -0.39 is 0 Å². The van der Waals surface area contributed by atoms with E-state index in [-0.39, 0.29) is 12.0 Å². The van der Waals surface area contributed by atoms with Gasteiger partial charge in [-0.15, -0.1) is 0 Å². The van der Waals surface area contributed by atoms with Gasteiger partial charge in [0.1, 0.15) is 0 Å². The third kappa shape index (κ3) is 4.23. The summed E-state index contributed by atoms with van der Waals surface area (Å²) in [6.45, 7) is 3.89. The molecule has 0 spiro atoms. The minimum Gasteiger partial charge on any atom is -0.493 e. The maximum Gasteiger partial charge on any atom is 0.271 e. The van der Waals surface area contributed by atoms with Crippen molar-refractivity contribution in [2.24, 2.45) is 5.10 Å². The van der Waals surface area contributed by atoms with Crippen LogP contribution in [0.15, 0.2) is 47.6 Å². The zero-order valence-electron chi connectivity index (χ0n) is 15.4. The zero-order chi connectivity index (χ0) is 18.5. The molecule has 0 bridgehead atoms. The number of hydrogen-bond donors (Lipinski definition) is 1. The molecule has 1 aliphatic rings. The molecule has 2 aromatic rings. The predicted molar refractivity (Wildman–Crippen MR) is 102 cm³/mol. The molecule has 1 aliphatic carbocycles. The van der Waals surface area contributed by atoms with E-state index in [1.807, 2.05) is 19.9 Å². The lowest BCUT2D eigenvalue weighted by Gasteiger charge is -2.17. The first-order valence-electron chi connectivity index (χ1n) is 8.84. The Balaban J connectivity index is 1.69. The van der Waals surface area contributed by atoms with Crippen molar-refractivity contribution >= 4 is 11.6 Å². The van der Waals surface area contributed by atoms with Crippen molar-refractivity contribution in [1.29, 1.82) is 0 Å². The first-order valence-corrected chi connectivity index (χ1v) is 8.84. The largest absolute Gasteiger partial charge is 0.493 e. The SMILES string of the molecule is COc1cc(C(=O)N/N=C2/CCc3ccccc3C2)ccc1OC(C)C. The van der Waals surface area contributed by atoms with Crippen LogP contribution in [0.1, 0.15) is 41.8 Å². The van der Waals surface area contributed by atoms with E-state index in [4.69, 9.17) is 9.47 Å². The monoisotopic (exact) mass is 352 g/mol. The first kappa shape index (κ1) is 18.0. The van der Waals surface area contributed by atoms with E-state index >= 15 is 0 Å². The Hall–Kier alpha value is -2.82. The lowest BCUT2D eigenvalue weighted by atomic mass is 9.90. The summed E-state index contributed by atoms with van der Waals surface area (Å²) in [4.78, 5) is 12.4. The second-order valence-electron chi connectivity index (χ2n) is 6.60. The third-order valence-electron chi connectivity index (χ3n) is 4.30. The number of aryl methyl sites for hydroxylation is 1. The Morgan fingerprint density at radius 1 is 1.08 bits per heavy atom. The van der Waals surface area contributed by atoms with Gasteiger partial charge in [-0.3, -0.25) is 4.79 Å². The average Bonchev–Trinajstić information content (AvgIpc) is 2.65. The Labute approximate surface area is 154 Å². The Kier molecular flexibility index (Phi) is 5.56. The molecule has 0 radical (unpaired) electrons. The molecule has 0 aromatic heterocycles. The molecule has 136 valence electrons. The van der Waals surface area contributed by atoms with Crippen LogP contribution in [0.5, 0.6) is 11.5 Å². The number of hydrogen-bond acceptors (Lipinski definition) is 4. The minimum absolute atomic E-state index is 0.0316. The van der Waals surface area contributed by atoms with Crippen molar-refractivity contribution in [2.45, 2.75) is 39.2 Å². The van der Waals surface area contributed by atoms with Crippen LogP contribution in [-0.4, -0.2) is 24.8 Å². The molecule has 1 amide bonds. The quantitative estimate of drug-likeness (QED) is 0.834. The predicted octanol–water partition coefficient (Wildman–Crippen LogP) is 3.76. The minimum atomic E-state index is -0.259. The number of nitrogens with zero attached hydrogens (tertiary/aromatic N) is 1. The number of ether oxygens (including phenoxy) is 2. The number of benzene rings is 2. The summed E-state index contributed by atoms with van der Waals surface area (Å²) < 4.78 is 11.0. The van der Waals surface area contributed by atoms with Gasteiger partial charge in [0.25, 0.3) is 5.91 Å². The zero-order valence-corrected chi connectivity index (χ0v) is 15.4. The van der Waals surface area contributed by atoms with Crippen LogP contribution in [0, 0.1) is 0 Å². The fraction of sp³-hybridized carbons (Fsp3) is 0.333. The highest BCUT2D eigenvalue weighted by molar-refractivity contribution is 5.96. The van der Waals surface area contributed by atoms with E-state index in [0.29, 0.717) is 17.1 Å². The van der Waals surface area contributed by atoms with Gasteiger partial charge in [0.05, 0.1) is 13.2 Å². The van der Waals surface area contributed by atoms with E-state index in [1.165, 1.54) is 11.1 Å². The maximum absolute atomic E-state index is 12.4. The van der Waals surface area contributed by atoms with Crippen molar-refractivity contribution in [3.05, 3.63) is 59.2 Å². The number of nitrogens with one attached hydrogen (secondary N) is 1. The lowest BCUT2D eigenvalue weighted by Crippen LogP contribution is -2.22. The van der Waals surface area contributed by atoms with Crippen molar-refractivity contribution in [3.63, 3.8) is 0 Å². The Bertz CT molecular complexity index is 828. The summed E-state index contributed by atoms with van der Waals surface area (Å²) in [6, 6.07) is 13.5. The molecular formula is C21H24N2O3. The molecule has 0 atom stereocenters. The smallest absolute Gasteiger partial charge is 0.271 e. The van der Waals surface area contributed by atoms with Crippen LogP contribution in [-0.2, 0) is 12.8 Å². The standard InChI is InChI=1S/C21H24N2O3/c1-14(2)26-19-11-9-17(13-20(19)25-3)21(24)23-22-18-10-8-15-6-4-5-7-16(15)12-18/h4-7,9,11,13-14H,8,10,12H2,1-3H3,(H,23,24)/b22-18-. The molecular weight excluding hydrogens is 328 g/mol. The van der Waals surface area contributed by atoms with Gasteiger partial charge in [-0.25, -0.2) is 5.43 Å². The third-order valence-corrected chi connectivity index (χ3v) is 4.30. The molecule has 5 nitrogen and oxygen atoms in total. The van der Waals surface area contributed by atoms with E-state index in [1.54, 1.807) is 25.3 Å². The van der Waals surface area contributed by atoms with Crippen molar-refractivity contribution < 1.29 is 14.3 Å². The number of hydrazone groups is 1. The molecule has 3 rings (SSSR count). The molecule has 0 saturated heterocycles. The number of rotatable bonds is 5. The van der Waals surface area contributed by atoms with E-state index in [0.717, 1.165) is 25.0 Å². The highest BCUT2D eigenvalue weighted by Crippen LogP contribution is 2.29. The van der Waals surface area contributed by atoms with Gasteiger partial charge in [-0.05, 0) is 56.0 Å². The van der Waals surface area contributed by atoms with Crippen LogP contribution in [0.25, 0.3) is 0 Å². The van der Waals surface area contributed by atoms with Crippen LogP contribution >= 0.6 is 0 Å². The fourth-order valence-electron chi connectivity index (χ4n) is 3.01. The van der Waals surface area contributed by atoms with Gasteiger partial charge >= 0.3 is 0 Å². The summed E-state index contributed by atoms with van der Waals surface area (Å²) in [5, 5.41) is 4.33. The number of fused-ring (bicyclic) bond motifs is 1. The number of methoxy groups -OCH3 is 1. The summed E-state index contributed by atoms with van der Waals surface area (Å²) >= 11 is 0. The van der Waals surface area contributed by atoms with Gasteiger partial charge in [0.15, 0.2) is 11.5 Å². The topological polar surface area (TPSA) is 59.9 Å². The van der Waals surface area contributed by atoms with E-state index in [9.17, 15) is 4.79 Å². The maximum atomic E-state index is 12.4. The summed E-state index contributed by atoms with van der Waals surface area (Å²) in [5.74, 6) is 0.894. The van der Waals surface area contributed by atoms with Gasteiger partial charge in [0, 0.05) is 17.7 Å². The molecule has 0 unspecified atom stereocenters. The highest BCUT2D eigenvalue weighted by atomic mass is 16.5. The van der Waals surface area contributed by atoms with Gasteiger partial charge < -0.3 is 9.47 Å². The molecule has 0 heterocycles. The van der Waals surface area contributed by atoms with Crippen molar-refractivity contribution in [2.75, 3.05) is 7.11 Å². The second-order valence-corrected chi connectivity index (χ2v) is 6.60. The van der Waals surface area contributed by atoms with Gasteiger partial charge in [0.2, 0.25) is 0 Å². The molecule has 26 heavy (non-hydrogen) atoms. The van der Waals surface area contributed by atoms with Crippen LogP contribution in [0.3, 0.4) is 0 Å². The number of carbonyl (C=O) groups excluding carboxylic acids is 1. The van der Waals surface area contributed by atoms with Gasteiger partial charge in [-0.1, -0.05) is 24.3 Å². The first-order chi connectivity index (χ1) is 12.6. The normalized spacial score (nSPS) is 14.8. The lowest BCUT2D eigenvalue weighted by molar-refractivity contribution is 0.0954. The fourth-order valence-corrected chi connectivity index (χ4v) is 3.01. The van der Waals surface area contributed by atoms with Crippen LogP contribution < -0.4 is 14.9 Å². The molecule has 5 heteroatoms. The number of amides is 1. The summed E-state index contributed by atoms with van der Waals surface area (Å²) in [7, 11) is 1.56. The number of carbonyl (C=O) groups is 1. The van der Waals surface area contributed by atoms with Gasteiger partial charge in [-0.2, -0.15) is 5.10 Å². The van der Waals surface area contributed by atoms with Crippen molar-refractivity contribution in [1.82, 2.24) is 5.43 Å². The van der Waals surface area contributed by atoms with E-state index in [2.05, 4.69) is 28.7 Å². The molecule has 2 aromatic carbocycles. The molecule has 0 saturated carbocycles. The Morgan fingerprint density at radius 3 is 2.58 bits per heavy atom. The van der Waals surface area contributed by atoms with Crippen LogP contribution in [0.2, 0.25) is 0 Å². The molecule has 1 N–H and O–H groups in total. The average molecular weight is 352 g/mol. The van der Waals surface area contributed by atoms with Crippen LogP contribution in [0.4, 0.5) is 0 Å². The summed E-state index contributed by atoms with van der Waals surface area (Å²) in [6.07, 6.45) is 2.63. The molecule has 0 aliphatic heterocycles. The Morgan fingerprint density at radius 2 is 1.85 bits per heavy atom. The second kappa shape index (κ2) is 8.04. The summed E-state index contributed by atoms with van der Waals surface area (Å²) in [5.41, 5.74) is 6.78. The molecule has 0 fully saturated rings.